The van der Waals surface area contributed by atoms with E-state index in [0.29, 0.717) is 6.54 Å². The van der Waals surface area contributed by atoms with Crippen LogP contribution in [-0.4, -0.2) is 48.9 Å². The van der Waals surface area contributed by atoms with Crippen LogP contribution >= 0.6 is 0 Å². The summed E-state index contributed by atoms with van der Waals surface area (Å²) in [6.07, 6.45) is 0.760. The van der Waals surface area contributed by atoms with Crippen LogP contribution in [0.25, 0.3) is 0 Å². The molecule has 138 valence electrons. The number of nitrogens with zero attached hydrogens (tertiary/aromatic N) is 2. The fourth-order valence-corrected chi connectivity index (χ4v) is 3.23. The molecule has 2 aromatic carbocycles. The molecule has 0 spiro atoms. The SMILES string of the molecule is CN(C)CCN(Cc1ccccc1)C(=O)C1CC(c2ccccc2)NN1. The Labute approximate surface area is 156 Å². The summed E-state index contributed by atoms with van der Waals surface area (Å²) in [4.78, 5) is 17.2. The van der Waals surface area contributed by atoms with E-state index in [2.05, 4.69) is 40.0 Å². The lowest BCUT2D eigenvalue weighted by atomic mass is 10.0. The van der Waals surface area contributed by atoms with Gasteiger partial charge in [-0.15, -0.1) is 0 Å². The molecule has 5 nitrogen and oxygen atoms in total. The highest BCUT2D eigenvalue weighted by Crippen LogP contribution is 2.23. The Balaban J connectivity index is 1.66. The van der Waals surface area contributed by atoms with Gasteiger partial charge in [-0.3, -0.25) is 4.79 Å². The highest BCUT2D eigenvalue weighted by molar-refractivity contribution is 5.82. The standard InChI is InChI=1S/C21H28N4O/c1-24(2)13-14-25(16-17-9-5-3-6-10-17)21(26)20-15-19(22-23-20)18-11-7-4-8-12-18/h3-12,19-20,22-23H,13-16H2,1-2H3. The number of nitrogens with one attached hydrogen (secondary N) is 2. The van der Waals surface area contributed by atoms with Crippen LogP contribution in [0.15, 0.2) is 60.7 Å². The number of benzene rings is 2. The second-order valence-electron chi connectivity index (χ2n) is 7.09. The number of amides is 1. The van der Waals surface area contributed by atoms with Crippen molar-refractivity contribution in [3.63, 3.8) is 0 Å². The van der Waals surface area contributed by atoms with Gasteiger partial charge < -0.3 is 9.80 Å². The van der Waals surface area contributed by atoms with E-state index in [4.69, 9.17) is 0 Å². The molecule has 0 saturated carbocycles. The van der Waals surface area contributed by atoms with Gasteiger partial charge in [0.2, 0.25) is 5.91 Å². The number of carbonyl (C=O) groups excluding carboxylic acids is 1. The molecule has 0 bridgehead atoms. The first kappa shape index (κ1) is 18.6. The lowest BCUT2D eigenvalue weighted by Gasteiger charge is -2.27. The third-order valence-corrected chi connectivity index (χ3v) is 4.75. The van der Waals surface area contributed by atoms with Gasteiger partial charge in [-0.1, -0.05) is 60.7 Å². The first-order chi connectivity index (χ1) is 12.6. The monoisotopic (exact) mass is 352 g/mol. The molecule has 2 atom stereocenters. The molecule has 5 heteroatoms. The van der Waals surface area contributed by atoms with Crippen LogP contribution in [0.2, 0.25) is 0 Å². The van der Waals surface area contributed by atoms with Crippen LogP contribution in [0, 0.1) is 0 Å². The summed E-state index contributed by atoms with van der Waals surface area (Å²) in [7, 11) is 4.07. The average molecular weight is 352 g/mol. The van der Waals surface area contributed by atoms with Crippen molar-refractivity contribution in [3.8, 4) is 0 Å². The molecule has 0 aliphatic carbocycles. The molecule has 1 aliphatic heterocycles. The van der Waals surface area contributed by atoms with E-state index in [0.717, 1.165) is 25.1 Å². The normalized spacial score (nSPS) is 19.7. The quantitative estimate of drug-likeness (QED) is 0.802. The Kier molecular flexibility index (Phi) is 6.39. The van der Waals surface area contributed by atoms with Gasteiger partial charge in [0, 0.05) is 25.7 Å². The van der Waals surface area contributed by atoms with Crippen molar-refractivity contribution in [2.45, 2.75) is 25.0 Å². The number of likely N-dealkylation sites (N-methyl/N-ethyl adjacent to an activating group) is 1. The number of hydrogen-bond donors (Lipinski definition) is 2. The molecule has 1 saturated heterocycles. The number of rotatable bonds is 7. The summed E-state index contributed by atoms with van der Waals surface area (Å²) in [5.41, 5.74) is 8.85. The van der Waals surface area contributed by atoms with E-state index >= 15 is 0 Å². The van der Waals surface area contributed by atoms with Crippen LogP contribution < -0.4 is 10.9 Å². The molecule has 2 aromatic rings. The van der Waals surface area contributed by atoms with E-state index < -0.39 is 0 Å². The molecule has 1 aliphatic rings. The summed E-state index contributed by atoms with van der Waals surface area (Å²) in [5.74, 6) is 0.154. The Morgan fingerprint density at radius 1 is 0.962 bits per heavy atom. The van der Waals surface area contributed by atoms with Gasteiger partial charge in [-0.25, -0.2) is 10.9 Å². The van der Waals surface area contributed by atoms with Crippen molar-refractivity contribution in [3.05, 3.63) is 71.8 Å². The molecule has 0 radical (unpaired) electrons. The smallest absolute Gasteiger partial charge is 0.241 e. The minimum absolute atomic E-state index is 0.154. The third kappa shape index (κ3) is 4.91. The van der Waals surface area contributed by atoms with Gasteiger partial charge in [0.15, 0.2) is 0 Å². The molecule has 3 rings (SSSR count). The predicted octanol–water partition coefficient (Wildman–Crippen LogP) is 2.18. The van der Waals surface area contributed by atoms with E-state index in [1.54, 1.807) is 0 Å². The fourth-order valence-electron chi connectivity index (χ4n) is 3.23. The lowest BCUT2D eigenvalue weighted by Crippen LogP contribution is -2.47. The summed E-state index contributed by atoms with van der Waals surface area (Å²) in [6.45, 7) is 2.21. The minimum atomic E-state index is -0.203. The zero-order valence-corrected chi connectivity index (χ0v) is 15.6. The van der Waals surface area contributed by atoms with E-state index in [9.17, 15) is 4.79 Å². The van der Waals surface area contributed by atoms with Crippen molar-refractivity contribution in [2.75, 3.05) is 27.2 Å². The maximum Gasteiger partial charge on any atom is 0.241 e. The molecular formula is C21H28N4O. The highest BCUT2D eigenvalue weighted by atomic mass is 16.2. The highest BCUT2D eigenvalue weighted by Gasteiger charge is 2.32. The molecule has 2 N–H and O–H groups in total. The second-order valence-corrected chi connectivity index (χ2v) is 7.09. The van der Waals surface area contributed by atoms with Gasteiger partial charge in [-0.2, -0.15) is 0 Å². The van der Waals surface area contributed by atoms with Gasteiger partial charge in [-0.05, 0) is 31.6 Å². The lowest BCUT2D eigenvalue weighted by molar-refractivity contribution is -0.134. The van der Waals surface area contributed by atoms with E-state index in [1.165, 1.54) is 5.56 Å². The molecular weight excluding hydrogens is 324 g/mol. The van der Waals surface area contributed by atoms with Crippen LogP contribution in [0.5, 0.6) is 0 Å². The Bertz CT molecular complexity index is 690. The molecule has 0 aromatic heterocycles. The molecule has 1 amide bonds. The van der Waals surface area contributed by atoms with Gasteiger partial charge in [0.1, 0.15) is 6.04 Å². The maximum atomic E-state index is 13.1. The minimum Gasteiger partial charge on any atom is -0.336 e. The van der Waals surface area contributed by atoms with Crippen molar-refractivity contribution in [2.24, 2.45) is 0 Å². The first-order valence-corrected chi connectivity index (χ1v) is 9.17. The van der Waals surface area contributed by atoms with Crippen molar-refractivity contribution < 1.29 is 4.79 Å². The zero-order chi connectivity index (χ0) is 18.4. The van der Waals surface area contributed by atoms with Crippen LogP contribution in [0.4, 0.5) is 0 Å². The van der Waals surface area contributed by atoms with Crippen LogP contribution in [0.3, 0.4) is 0 Å². The van der Waals surface area contributed by atoms with Gasteiger partial charge in [0.25, 0.3) is 0 Å². The van der Waals surface area contributed by atoms with E-state index in [1.807, 2.05) is 55.4 Å². The molecule has 1 fully saturated rings. The fraction of sp³-hybridized carbons (Fsp3) is 0.381. The molecule has 2 unspecified atom stereocenters. The average Bonchev–Trinajstić information content (AvgIpc) is 3.16. The zero-order valence-electron chi connectivity index (χ0n) is 15.6. The second kappa shape index (κ2) is 8.94. The predicted molar refractivity (Wildman–Crippen MR) is 104 cm³/mol. The summed E-state index contributed by atoms with van der Waals surface area (Å²) in [6, 6.07) is 20.4. The summed E-state index contributed by atoms with van der Waals surface area (Å²) in [5, 5.41) is 0. The van der Waals surface area contributed by atoms with Crippen LogP contribution in [0.1, 0.15) is 23.6 Å². The Morgan fingerprint density at radius 3 is 2.27 bits per heavy atom. The van der Waals surface area contributed by atoms with Crippen LogP contribution in [-0.2, 0) is 11.3 Å². The molecule has 1 heterocycles. The van der Waals surface area contributed by atoms with E-state index in [-0.39, 0.29) is 18.0 Å². The van der Waals surface area contributed by atoms with Crippen molar-refractivity contribution in [1.29, 1.82) is 0 Å². The number of hydrogen-bond acceptors (Lipinski definition) is 4. The topological polar surface area (TPSA) is 47.6 Å². The maximum absolute atomic E-state index is 13.1. The Hall–Kier alpha value is -2.21. The number of hydrazine groups is 1. The summed E-state index contributed by atoms with van der Waals surface area (Å²) < 4.78 is 0. The summed E-state index contributed by atoms with van der Waals surface area (Å²) >= 11 is 0. The number of carbonyl (C=O) groups is 1. The third-order valence-electron chi connectivity index (χ3n) is 4.75. The van der Waals surface area contributed by atoms with Crippen molar-refractivity contribution >= 4 is 5.91 Å². The first-order valence-electron chi connectivity index (χ1n) is 9.17. The van der Waals surface area contributed by atoms with Crippen molar-refractivity contribution in [1.82, 2.24) is 20.7 Å². The molecule has 26 heavy (non-hydrogen) atoms. The van der Waals surface area contributed by atoms with Gasteiger partial charge in [0.05, 0.1) is 0 Å². The Morgan fingerprint density at radius 2 is 1.62 bits per heavy atom. The largest absolute Gasteiger partial charge is 0.336 e. The van der Waals surface area contributed by atoms with Gasteiger partial charge >= 0.3 is 0 Å².